The molecule has 7 nitrogen and oxygen atoms in total. The fraction of sp³-hybridized carbons (Fsp3) is 0.160. The van der Waals surface area contributed by atoms with E-state index in [0.29, 0.717) is 23.6 Å². The molecule has 2 aromatic heterocycles. The Hall–Kier alpha value is -4.13. The molecule has 0 aliphatic rings. The first-order chi connectivity index (χ1) is 15.5. The molecule has 0 atom stereocenters. The van der Waals surface area contributed by atoms with E-state index in [2.05, 4.69) is 10.3 Å². The van der Waals surface area contributed by atoms with E-state index in [-0.39, 0.29) is 5.91 Å². The molecule has 162 valence electrons. The number of pyridine rings is 1. The molecule has 0 aliphatic carbocycles. The van der Waals surface area contributed by atoms with Crippen LogP contribution in [0.2, 0.25) is 0 Å². The lowest BCUT2D eigenvalue weighted by molar-refractivity contribution is 0.0951. The predicted molar refractivity (Wildman–Crippen MR) is 125 cm³/mol. The van der Waals surface area contributed by atoms with Crippen molar-refractivity contribution in [3.05, 3.63) is 90.3 Å². The second-order valence-electron chi connectivity index (χ2n) is 7.51. The van der Waals surface area contributed by atoms with E-state index in [1.165, 1.54) is 0 Å². The minimum absolute atomic E-state index is 0.207. The number of carbonyl (C=O) groups excluding carboxylic acids is 1. The van der Waals surface area contributed by atoms with Gasteiger partial charge in [-0.3, -0.25) is 4.79 Å². The molecule has 0 saturated carbocycles. The van der Waals surface area contributed by atoms with E-state index < -0.39 is 0 Å². The Morgan fingerprint density at radius 2 is 1.88 bits per heavy atom. The maximum atomic E-state index is 13.2. The molecule has 2 aromatic carbocycles. The highest BCUT2D eigenvalue weighted by Crippen LogP contribution is 2.27. The first-order valence-electron chi connectivity index (χ1n) is 10.2. The van der Waals surface area contributed by atoms with Crippen LogP contribution >= 0.6 is 0 Å². The molecule has 0 bridgehead atoms. The molecule has 0 radical (unpaired) electrons. The van der Waals surface area contributed by atoms with Gasteiger partial charge in [-0.05, 0) is 35.9 Å². The maximum absolute atomic E-state index is 13.2. The normalized spacial score (nSPS) is 10.6. The van der Waals surface area contributed by atoms with E-state index >= 15 is 0 Å². The van der Waals surface area contributed by atoms with Crippen molar-refractivity contribution in [3.63, 3.8) is 0 Å². The van der Waals surface area contributed by atoms with Crippen molar-refractivity contribution in [1.29, 1.82) is 0 Å². The minimum Gasteiger partial charge on any atom is -0.497 e. The minimum atomic E-state index is -0.207. The smallest absolute Gasteiger partial charge is 0.255 e. The zero-order valence-electron chi connectivity index (χ0n) is 18.3. The van der Waals surface area contributed by atoms with E-state index in [9.17, 15) is 4.79 Å². The van der Waals surface area contributed by atoms with E-state index in [1.807, 2.05) is 85.7 Å². The number of anilines is 1. The van der Waals surface area contributed by atoms with Crippen LogP contribution in [-0.4, -0.2) is 41.9 Å². The summed E-state index contributed by atoms with van der Waals surface area (Å²) in [4.78, 5) is 19.5. The second-order valence-corrected chi connectivity index (χ2v) is 7.51. The number of nitrogens with one attached hydrogen (secondary N) is 1. The number of aromatic nitrogens is 3. The van der Waals surface area contributed by atoms with Crippen LogP contribution in [0.5, 0.6) is 5.75 Å². The van der Waals surface area contributed by atoms with E-state index in [1.54, 1.807) is 24.2 Å². The zero-order valence-corrected chi connectivity index (χ0v) is 18.3. The van der Waals surface area contributed by atoms with Gasteiger partial charge >= 0.3 is 0 Å². The molecule has 0 fully saturated rings. The van der Waals surface area contributed by atoms with Gasteiger partial charge in [0.2, 0.25) is 0 Å². The third-order valence-corrected chi connectivity index (χ3v) is 5.04. The SMILES string of the molecule is COc1cccc(-c2nn(-c3ccccc3)cc2C(=O)NCc2ccc(N(C)C)nc2)c1. The van der Waals surface area contributed by atoms with Gasteiger partial charge in [0, 0.05) is 38.6 Å². The van der Waals surface area contributed by atoms with Gasteiger partial charge in [0.05, 0.1) is 18.4 Å². The first-order valence-corrected chi connectivity index (χ1v) is 10.2. The molecule has 0 aliphatic heterocycles. The number of benzene rings is 2. The number of nitrogens with zero attached hydrogens (tertiary/aromatic N) is 4. The van der Waals surface area contributed by atoms with Crippen LogP contribution in [0.25, 0.3) is 16.9 Å². The number of ether oxygens (including phenoxy) is 1. The summed E-state index contributed by atoms with van der Waals surface area (Å²) in [5.74, 6) is 1.36. The quantitative estimate of drug-likeness (QED) is 0.484. The van der Waals surface area contributed by atoms with Gasteiger partial charge in [-0.2, -0.15) is 5.10 Å². The van der Waals surface area contributed by atoms with Crippen LogP contribution in [0.1, 0.15) is 15.9 Å². The summed E-state index contributed by atoms with van der Waals surface area (Å²) in [7, 11) is 5.49. The summed E-state index contributed by atoms with van der Waals surface area (Å²) in [6, 6.07) is 21.1. The van der Waals surface area contributed by atoms with Gasteiger partial charge in [-0.1, -0.05) is 36.4 Å². The lowest BCUT2D eigenvalue weighted by atomic mass is 10.1. The second kappa shape index (κ2) is 9.34. The van der Waals surface area contributed by atoms with Gasteiger partial charge in [-0.15, -0.1) is 0 Å². The molecular weight excluding hydrogens is 402 g/mol. The standard InChI is InChI=1S/C25H25N5O2/c1-29(2)23-13-12-18(15-26-23)16-27-25(31)22-17-30(20-9-5-4-6-10-20)28-24(22)19-8-7-11-21(14-19)32-3/h4-15,17H,16H2,1-3H3,(H,27,31). The molecular formula is C25H25N5O2. The van der Waals surface area contributed by atoms with Crippen molar-refractivity contribution in [2.24, 2.45) is 0 Å². The summed E-state index contributed by atoms with van der Waals surface area (Å²) in [5, 5.41) is 7.71. The first kappa shape index (κ1) is 21.1. The molecule has 1 N–H and O–H groups in total. The molecule has 0 saturated heterocycles. The average Bonchev–Trinajstić information content (AvgIpc) is 3.29. The molecule has 4 aromatic rings. The van der Waals surface area contributed by atoms with Crippen molar-refractivity contribution in [2.75, 3.05) is 26.1 Å². The largest absolute Gasteiger partial charge is 0.497 e. The number of methoxy groups -OCH3 is 1. The molecule has 0 spiro atoms. The van der Waals surface area contributed by atoms with E-state index in [4.69, 9.17) is 9.84 Å². The van der Waals surface area contributed by atoms with Gasteiger partial charge < -0.3 is 15.0 Å². The summed E-state index contributed by atoms with van der Waals surface area (Å²) in [5.41, 5.74) is 3.67. The Kier molecular flexibility index (Phi) is 6.17. The number of amides is 1. The Labute approximate surface area is 187 Å². The van der Waals surface area contributed by atoms with Gasteiger partial charge in [-0.25, -0.2) is 9.67 Å². The van der Waals surface area contributed by atoms with Crippen LogP contribution in [-0.2, 0) is 6.54 Å². The van der Waals surface area contributed by atoms with Crippen molar-refractivity contribution in [1.82, 2.24) is 20.1 Å². The number of para-hydroxylation sites is 1. The predicted octanol–water partition coefficient (Wildman–Crippen LogP) is 3.94. The number of hydrogen-bond donors (Lipinski definition) is 1. The van der Waals surface area contributed by atoms with Crippen molar-refractivity contribution >= 4 is 11.7 Å². The highest BCUT2D eigenvalue weighted by atomic mass is 16.5. The Bertz CT molecular complexity index is 1200. The topological polar surface area (TPSA) is 72.3 Å². The van der Waals surface area contributed by atoms with Crippen LogP contribution in [0.15, 0.2) is 79.1 Å². The molecule has 7 heteroatoms. The summed E-state index contributed by atoms with van der Waals surface area (Å²) in [6.07, 6.45) is 3.53. The Morgan fingerprint density at radius 1 is 1.06 bits per heavy atom. The van der Waals surface area contributed by atoms with Crippen LogP contribution in [0.3, 0.4) is 0 Å². The van der Waals surface area contributed by atoms with Gasteiger partial charge in [0.25, 0.3) is 5.91 Å². The third-order valence-electron chi connectivity index (χ3n) is 5.04. The Balaban J connectivity index is 1.63. The zero-order chi connectivity index (χ0) is 22.5. The van der Waals surface area contributed by atoms with Crippen molar-refractivity contribution in [2.45, 2.75) is 6.54 Å². The Morgan fingerprint density at radius 3 is 2.56 bits per heavy atom. The van der Waals surface area contributed by atoms with Crippen LogP contribution < -0.4 is 15.0 Å². The van der Waals surface area contributed by atoms with E-state index in [0.717, 1.165) is 22.6 Å². The van der Waals surface area contributed by atoms with Crippen LogP contribution in [0, 0.1) is 0 Å². The fourth-order valence-corrected chi connectivity index (χ4v) is 3.30. The maximum Gasteiger partial charge on any atom is 0.255 e. The monoisotopic (exact) mass is 427 g/mol. The molecule has 0 unspecified atom stereocenters. The highest BCUT2D eigenvalue weighted by molar-refractivity contribution is 6.00. The van der Waals surface area contributed by atoms with Gasteiger partial charge in [0.15, 0.2) is 0 Å². The molecule has 2 heterocycles. The number of rotatable bonds is 7. The van der Waals surface area contributed by atoms with Crippen LogP contribution in [0.4, 0.5) is 5.82 Å². The van der Waals surface area contributed by atoms with Crippen molar-refractivity contribution in [3.8, 4) is 22.7 Å². The van der Waals surface area contributed by atoms with Crippen molar-refractivity contribution < 1.29 is 9.53 Å². The lowest BCUT2D eigenvalue weighted by Gasteiger charge is -2.11. The molecule has 4 rings (SSSR count). The summed E-state index contributed by atoms with van der Waals surface area (Å²) < 4.78 is 7.07. The summed E-state index contributed by atoms with van der Waals surface area (Å²) in [6.45, 7) is 0.369. The highest BCUT2D eigenvalue weighted by Gasteiger charge is 2.19. The lowest BCUT2D eigenvalue weighted by Crippen LogP contribution is -2.23. The number of carbonyl (C=O) groups is 1. The average molecular weight is 428 g/mol. The third kappa shape index (κ3) is 4.62. The molecule has 32 heavy (non-hydrogen) atoms. The van der Waals surface area contributed by atoms with Gasteiger partial charge in [0.1, 0.15) is 17.3 Å². The molecule has 1 amide bonds. The number of hydrogen-bond acceptors (Lipinski definition) is 5. The fourth-order valence-electron chi connectivity index (χ4n) is 3.30. The summed E-state index contributed by atoms with van der Waals surface area (Å²) >= 11 is 0.